The number of aliphatic hydroxyl groups is 1. The van der Waals surface area contributed by atoms with Crippen LogP contribution in [0.3, 0.4) is 0 Å². The topological polar surface area (TPSA) is 104 Å². The van der Waals surface area contributed by atoms with Gasteiger partial charge in [-0.1, -0.05) is 0 Å². The van der Waals surface area contributed by atoms with Gasteiger partial charge in [0.15, 0.2) is 0 Å². The van der Waals surface area contributed by atoms with Crippen LogP contribution in [-0.2, 0) is 15.0 Å². The van der Waals surface area contributed by atoms with Gasteiger partial charge in [-0.15, -0.1) is 0 Å². The fraction of sp³-hybridized carbons (Fsp3) is 0.889. The molecule has 1 rings (SSSR count). The van der Waals surface area contributed by atoms with Crippen LogP contribution in [0.2, 0.25) is 0 Å². The minimum atomic E-state index is -3.65. The molecule has 0 aromatic heterocycles. The lowest BCUT2D eigenvalue weighted by Crippen LogP contribution is -2.52. The molecule has 1 atom stereocenters. The summed E-state index contributed by atoms with van der Waals surface area (Å²) in [6, 6.07) is 0. The summed E-state index contributed by atoms with van der Waals surface area (Å²) < 4.78 is 23.2. The summed E-state index contributed by atoms with van der Waals surface area (Å²) >= 11 is 0. The number of hydrogen-bond acceptors (Lipinski definition) is 4. The molecule has 0 radical (unpaired) electrons. The second-order valence-electron chi connectivity index (χ2n) is 4.21. The van der Waals surface area contributed by atoms with Gasteiger partial charge in [0.1, 0.15) is 0 Å². The molecule has 0 spiro atoms. The summed E-state index contributed by atoms with van der Waals surface area (Å²) in [6.07, 6.45) is 0.214. The molecule has 0 bridgehead atoms. The average molecular weight is 265 g/mol. The lowest BCUT2D eigenvalue weighted by molar-refractivity contribution is -0.132. The first-order valence-corrected chi connectivity index (χ1v) is 7.04. The lowest BCUT2D eigenvalue weighted by atomic mass is 10.2. The fourth-order valence-electron chi connectivity index (χ4n) is 1.68. The van der Waals surface area contributed by atoms with Crippen LogP contribution in [0.4, 0.5) is 0 Å². The number of aliphatic hydroxyl groups excluding tert-OH is 1. The number of nitrogens with zero attached hydrogens (tertiary/aromatic N) is 2. The van der Waals surface area contributed by atoms with Crippen molar-refractivity contribution in [3.05, 3.63) is 0 Å². The second kappa shape index (κ2) is 5.76. The van der Waals surface area contributed by atoms with Crippen molar-refractivity contribution in [3.63, 3.8) is 0 Å². The van der Waals surface area contributed by atoms with Gasteiger partial charge in [-0.3, -0.25) is 4.79 Å². The van der Waals surface area contributed by atoms with E-state index in [0.717, 1.165) is 4.31 Å². The standard InChI is InChI=1S/C9H19N3O4S/c1-8(13)2-3-9(14)11-4-6-12(7-5-11)17(10,15)16/h8,13H,2-7H2,1H3,(H2,10,15,16). The van der Waals surface area contributed by atoms with E-state index in [9.17, 15) is 13.2 Å². The van der Waals surface area contributed by atoms with Gasteiger partial charge in [-0.2, -0.15) is 12.7 Å². The minimum Gasteiger partial charge on any atom is -0.393 e. The van der Waals surface area contributed by atoms with Crippen molar-refractivity contribution in [3.8, 4) is 0 Å². The third kappa shape index (κ3) is 4.58. The molecule has 0 aromatic rings. The van der Waals surface area contributed by atoms with Crippen molar-refractivity contribution in [2.75, 3.05) is 26.2 Å². The van der Waals surface area contributed by atoms with E-state index in [4.69, 9.17) is 10.2 Å². The molecule has 0 aliphatic carbocycles. The maximum atomic E-state index is 11.7. The highest BCUT2D eigenvalue weighted by Gasteiger charge is 2.26. The van der Waals surface area contributed by atoms with Crippen LogP contribution in [0.15, 0.2) is 0 Å². The van der Waals surface area contributed by atoms with Gasteiger partial charge < -0.3 is 10.0 Å². The largest absolute Gasteiger partial charge is 0.393 e. The van der Waals surface area contributed by atoms with Gasteiger partial charge in [0.05, 0.1) is 6.10 Å². The minimum absolute atomic E-state index is 0.0556. The first-order valence-electron chi connectivity index (χ1n) is 5.54. The molecule has 17 heavy (non-hydrogen) atoms. The maximum Gasteiger partial charge on any atom is 0.277 e. The summed E-state index contributed by atoms with van der Waals surface area (Å²) in [5.41, 5.74) is 0. The van der Waals surface area contributed by atoms with E-state index in [1.54, 1.807) is 11.8 Å². The van der Waals surface area contributed by atoms with Gasteiger partial charge in [0.25, 0.3) is 10.2 Å². The van der Waals surface area contributed by atoms with Gasteiger partial charge >= 0.3 is 0 Å². The number of carbonyl (C=O) groups excluding carboxylic acids is 1. The number of rotatable bonds is 4. The Balaban J connectivity index is 2.39. The molecule has 100 valence electrons. The summed E-state index contributed by atoms with van der Waals surface area (Å²) in [4.78, 5) is 13.3. The SMILES string of the molecule is CC(O)CCC(=O)N1CCN(S(N)(=O)=O)CC1. The van der Waals surface area contributed by atoms with E-state index in [2.05, 4.69) is 0 Å². The highest BCUT2D eigenvalue weighted by molar-refractivity contribution is 7.86. The molecule has 1 unspecified atom stereocenters. The van der Waals surface area contributed by atoms with Gasteiger partial charge in [0, 0.05) is 32.6 Å². The summed E-state index contributed by atoms with van der Waals surface area (Å²) in [5.74, 6) is -0.0556. The Labute approximate surface area is 101 Å². The predicted molar refractivity (Wildman–Crippen MR) is 62.2 cm³/mol. The molecule has 0 saturated carbocycles. The van der Waals surface area contributed by atoms with E-state index >= 15 is 0 Å². The van der Waals surface area contributed by atoms with Crippen LogP contribution in [0.25, 0.3) is 0 Å². The molecule has 0 aromatic carbocycles. The Morgan fingerprint density at radius 2 is 1.88 bits per heavy atom. The molecule has 1 aliphatic rings. The van der Waals surface area contributed by atoms with Crippen LogP contribution in [0.1, 0.15) is 19.8 Å². The molecule has 1 fully saturated rings. The Hall–Kier alpha value is -0.700. The molecule has 8 heteroatoms. The number of hydrogen-bond donors (Lipinski definition) is 2. The maximum absolute atomic E-state index is 11.7. The van der Waals surface area contributed by atoms with Crippen LogP contribution in [0, 0.1) is 0 Å². The van der Waals surface area contributed by atoms with Gasteiger partial charge in [0.2, 0.25) is 5.91 Å². The summed E-state index contributed by atoms with van der Waals surface area (Å²) in [6.45, 7) is 2.81. The van der Waals surface area contributed by atoms with Crippen molar-refractivity contribution >= 4 is 16.1 Å². The van der Waals surface area contributed by atoms with Crippen molar-refractivity contribution in [1.29, 1.82) is 0 Å². The van der Waals surface area contributed by atoms with E-state index in [0.29, 0.717) is 19.5 Å². The zero-order valence-electron chi connectivity index (χ0n) is 9.87. The fourth-order valence-corrected chi connectivity index (χ4v) is 2.35. The third-order valence-corrected chi connectivity index (χ3v) is 3.81. The highest BCUT2D eigenvalue weighted by Crippen LogP contribution is 2.07. The molecule has 1 saturated heterocycles. The van der Waals surface area contributed by atoms with Crippen molar-refractivity contribution in [2.45, 2.75) is 25.9 Å². The molecule has 3 N–H and O–H groups in total. The van der Waals surface area contributed by atoms with Crippen LogP contribution in [-0.4, -0.2) is 60.9 Å². The van der Waals surface area contributed by atoms with Gasteiger partial charge in [-0.25, -0.2) is 5.14 Å². The van der Waals surface area contributed by atoms with E-state index in [1.807, 2.05) is 0 Å². The Morgan fingerprint density at radius 1 is 1.35 bits per heavy atom. The van der Waals surface area contributed by atoms with Crippen molar-refractivity contribution < 1.29 is 18.3 Å². The van der Waals surface area contributed by atoms with Crippen LogP contribution >= 0.6 is 0 Å². The van der Waals surface area contributed by atoms with Crippen molar-refractivity contribution in [1.82, 2.24) is 9.21 Å². The van der Waals surface area contributed by atoms with E-state index in [1.165, 1.54) is 0 Å². The number of nitrogens with two attached hydrogens (primary N) is 1. The monoisotopic (exact) mass is 265 g/mol. The summed E-state index contributed by atoms with van der Waals surface area (Å²) in [5, 5.41) is 14.1. The van der Waals surface area contributed by atoms with E-state index < -0.39 is 16.3 Å². The molecule has 1 heterocycles. The molecule has 1 aliphatic heterocycles. The average Bonchev–Trinajstić information content (AvgIpc) is 2.25. The molecular formula is C9H19N3O4S. The zero-order chi connectivity index (χ0) is 13.1. The Morgan fingerprint density at radius 3 is 2.29 bits per heavy atom. The molecular weight excluding hydrogens is 246 g/mol. The first kappa shape index (κ1) is 14.4. The second-order valence-corrected chi connectivity index (χ2v) is 5.76. The third-order valence-electron chi connectivity index (χ3n) is 2.73. The number of amides is 1. The number of carbonyl (C=O) groups is 1. The first-order chi connectivity index (χ1) is 7.80. The summed E-state index contributed by atoms with van der Waals surface area (Å²) in [7, 11) is -3.65. The lowest BCUT2D eigenvalue weighted by Gasteiger charge is -2.33. The number of piperazine rings is 1. The van der Waals surface area contributed by atoms with Crippen molar-refractivity contribution in [2.24, 2.45) is 5.14 Å². The Bertz CT molecular complexity index is 360. The van der Waals surface area contributed by atoms with Crippen LogP contribution in [0.5, 0.6) is 0 Å². The zero-order valence-corrected chi connectivity index (χ0v) is 10.7. The molecule has 1 amide bonds. The quantitative estimate of drug-likeness (QED) is 0.645. The predicted octanol–water partition coefficient (Wildman–Crippen LogP) is -1.50. The smallest absolute Gasteiger partial charge is 0.277 e. The van der Waals surface area contributed by atoms with Gasteiger partial charge in [-0.05, 0) is 13.3 Å². The highest BCUT2D eigenvalue weighted by atomic mass is 32.2. The normalized spacial score (nSPS) is 20.3. The van der Waals surface area contributed by atoms with E-state index in [-0.39, 0.29) is 25.4 Å². The molecule has 7 nitrogen and oxygen atoms in total. The van der Waals surface area contributed by atoms with Crippen LogP contribution < -0.4 is 5.14 Å². The Kier molecular flexibility index (Phi) is 4.87.